The van der Waals surface area contributed by atoms with Crippen molar-refractivity contribution in [3.05, 3.63) is 24.3 Å². The lowest BCUT2D eigenvalue weighted by Crippen LogP contribution is -2.50. The molecule has 0 saturated carbocycles. The number of fused-ring (bicyclic) bond motifs is 1. The fourth-order valence-corrected chi connectivity index (χ4v) is 2.22. The van der Waals surface area contributed by atoms with Crippen LogP contribution in [0.5, 0.6) is 5.75 Å². The summed E-state index contributed by atoms with van der Waals surface area (Å²) in [5.41, 5.74) is 0.445. The Balaban J connectivity index is 2.16. The van der Waals surface area contributed by atoms with Gasteiger partial charge in [-0.2, -0.15) is 0 Å². The lowest BCUT2D eigenvalue weighted by molar-refractivity contribution is -0.142. The highest BCUT2D eigenvalue weighted by Crippen LogP contribution is 2.34. The van der Waals surface area contributed by atoms with Gasteiger partial charge in [-0.25, -0.2) is 0 Å². The number of nitrogens with zero attached hydrogens (tertiary/aromatic N) is 1. The lowest BCUT2D eigenvalue weighted by atomic mass is 10.1. The van der Waals surface area contributed by atoms with E-state index in [-0.39, 0.29) is 12.5 Å². The fourth-order valence-electron chi connectivity index (χ4n) is 2.22. The quantitative estimate of drug-likeness (QED) is 0.686. The number of carboxylic acids is 1. The highest BCUT2D eigenvalue weighted by Gasteiger charge is 2.36. The topological polar surface area (TPSA) is 105 Å². The van der Waals surface area contributed by atoms with E-state index in [1.54, 1.807) is 24.3 Å². The molecule has 2 N–H and O–H groups in total. The average molecular weight is 322 g/mol. The number of para-hydroxylation sites is 2. The Labute approximate surface area is 133 Å². The normalized spacial score (nSPS) is 16.5. The van der Waals surface area contributed by atoms with Crippen molar-refractivity contribution in [2.45, 2.75) is 12.5 Å². The summed E-state index contributed by atoms with van der Waals surface area (Å²) in [6.07, 6.45) is -1.61. The second-order valence-electron chi connectivity index (χ2n) is 4.94. The van der Waals surface area contributed by atoms with Gasteiger partial charge >= 0.3 is 5.97 Å². The van der Waals surface area contributed by atoms with E-state index in [4.69, 9.17) is 14.6 Å². The van der Waals surface area contributed by atoms with Crippen LogP contribution in [0.1, 0.15) is 6.42 Å². The van der Waals surface area contributed by atoms with E-state index < -0.39 is 24.4 Å². The Morgan fingerprint density at radius 1 is 1.39 bits per heavy atom. The van der Waals surface area contributed by atoms with Gasteiger partial charge in [0.05, 0.1) is 18.7 Å². The summed E-state index contributed by atoms with van der Waals surface area (Å²) >= 11 is 0. The maximum absolute atomic E-state index is 12.4. The first-order valence-corrected chi connectivity index (χ1v) is 7.07. The lowest BCUT2D eigenvalue weighted by Gasteiger charge is -2.33. The van der Waals surface area contributed by atoms with Crippen LogP contribution >= 0.6 is 0 Å². The molecule has 8 heteroatoms. The summed E-state index contributed by atoms with van der Waals surface area (Å²) in [6.45, 7) is 0.480. The zero-order valence-electron chi connectivity index (χ0n) is 12.7. The summed E-state index contributed by atoms with van der Waals surface area (Å²) < 4.78 is 10.3. The number of hydrogen-bond donors (Lipinski definition) is 2. The molecule has 1 aliphatic rings. The van der Waals surface area contributed by atoms with Gasteiger partial charge in [0.2, 0.25) is 5.91 Å². The van der Waals surface area contributed by atoms with Gasteiger partial charge < -0.3 is 19.9 Å². The summed E-state index contributed by atoms with van der Waals surface area (Å²) in [5, 5.41) is 11.5. The number of benzene rings is 1. The number of methoxy groups -OCH3 is 1. The molecule has 0 aromatic heterocycles. The number of carbonyl (C=O) groups excluding carboxylic acids is 2. The van der Waals surface area contributed by atoms with Crippen molar-refractivity contribution in [1.29, 1.82) is 0 Å². The van der Waals surface area contributed by atoms with E-state index >= 15 is 0 Å². The second kappa shape index (κ2) is 7.59. The van der Waals surface area contributed by atoms with Gasteiger partial charge in [-0.1, -0.05) is 12.1 Å². The Hall–Kier alpha value is -2.61. The Morgan fingerprint density at radius 2 is 2.13 bits per heavy atom. The van der Waals surface area contributed by atoms with E-state index in [9.17, 15) is 14.4 Å². The molecule has 1 atom stereocenters. The third-order valence-electron chi connectivity index (χ3n) is 3.26. The summed E-state index contributed by atoms with van der Waals surface area (Å²) in [5.74, 6) is -1.68. The van der Waals surface area contributed by atoms with Gasteiger partial charge in [0.25, 0.3) is 5.91 Å². The zero-order chi connectivity index (χ0) is 16.8. The van der Waals surface area contributed by atoms with Crippen molar-refractivity contribution < 1.29 is 29.0 Å². The minimum Gasteiger partial charge on any atom is -0.481 e. The Bertz CT molecular complexity index is 603. The van der Waals surface area contributed by atoms with E-state index in [1.807, 2.05) is 0 Å². The van der Waals surface area contributed by atoms with Crippen LogP contribution in [0.4, 0.5) is 5.69 Å². The maximum Gasteiger partial charge on any atom is 0.307 e. The first-order valence-electron chi connectivity index (χ1n) is 7.07. The van der Waals surface area contributed by atoms with Crippen LogP contribution in [0.25, 0.3) is 0 Å². The number of ether oxygens (including phenoxy) is 2. The van der Waals surface area contributed by atoms with Crippen LogP contribution in [0, 0.1) is 0 Å². The van der Waals surface area contributed by atoms with Crippen LogP contribution in [0.3, 0.4) is 0 Å². The summed E-state index contributed by atoms with van der Waals surface area (Å²) in [6, 6.07) is 6.70. The molecule has 1 aromatic carbocycles. The molecular weight excluding hydrogens is 304 g/mol. The van der Waals surface area contributed by atoms with Gasteiger partial charge in [0, 0.05) is 13.7 Å². The number of carboxylic acid groups (broad SMARTS) is 1. The molecule has 1 aromatic rings. The number of nitrogens with one attached hydrogen (secondary N) is 1. The van der Waals surface area contributed by atoms with Gasteiger partial charge in [-0.3, -0.25) is 19.3 Å². The van der Waals surface area contributed by atoms with Crippen LogP contribution in [-0.2, 0) is 19.1 Å². The predicted octanol–water partition coefficient (Wildman–Crippen LogP) is 0.0179. The number of aliphatic carboxylic acids is 1. The molecule has 2 amide bonds. The van der Waals surface area contributed by atoms with Gasteiger partial charge in [-0.05, 0) is 12.1 Å². The van der Waals surface area contributed by atoms with Crippen molar-refractivity contribution >= 4 is 23.5 Å². The second-order valence-corrected chi connectivity index (χ2v) is 4.94. The van der Waals surface area contributed by atoms with E-state index in [2.05, 4.69) is 5.32 Å². The molecule has 8 nitrogen and oxygen atoms in total. The smallest absolute Gasteiger partial charge is 0.307 e. The molecule has 0 aliphatic carbocycles. The minimum absolute atomic E-state index is 0.209. The molecule has 0 spiro atoms. The molecule has 0 saturated heterocycles. The Kier molecular flexibility index (Phi) is 5.53. The standard InChI is InChI=1S/C15H18N2O6/c1-22-7-6-16-13(18)9-17-10-4-2-3-5-11(10)23-12(15(17)21)8-14(19)20/h2-5,12H,6-9H2,1H3,(H,16,18)(H,19,20). The fraction of sp³-hybridized carbons (Fsp3) is 0.400. The minimum atomic E-state index is -1.15. The third-order valence-corrected chi connectivity index (χ3v) is 3.26. The van der Waals surface area contributed by atoms with Crippen molar-refractivity contribution in [1.82, 2.24) is 5.32 Å². The molecule has 23 heavy (non-hydrogen) atoms. The molecule has 1 heterocycles. The van der Waals surface area contributed by atoms with Crippen LogP contribution in [0.15, 0.2) is 24.3 Å². The zero-order valence-corrected chi connectivity index (χ0v) is 12.7. The molecule has 124 valence electrons. The van der Waals surface area contributed by atoms with Crippen molar-refractivity contribution in [2.24, 2.45) is 0 Å². The molecule has 1 aliphatic heterocycles. The number of carbonyl (C=O) groups is 3. The van der Waals surface area contributed by atoms with E-state index in [0.717, 1.165) is 0 Å². The van der Waals surface area contributed by atoms with Crippen LogP contribution in [0.2, 0.25) is 0 Å². The highest BCUT2D eigenvalue weighted by molar-refractivity contribution is 6.04. The van der Waals surface area contributed by atoms with E-state index in [1.165, 1.54) is 12.0 Å². The summed E-state index contributed by atoms with van der Waals surface area (Å²) in [4.78, 5) is 36.5. The van der Waals surface area contributed by atoms with Gasteiger partial charge in [0.15, 0.2) is 6.10 Å². The number of amides is 2. The van der Waals surface area contributed by atoms with Crippen molar-refractivity contribution in [3.63, 3.8) is 0 Å². The largest absolute Gasteiger partial charge is 0.481 e. The molecule has 0 bridgehead atoms. The van der Waals surface area contributed by atoms with E-state index in [0.29, 0.717) is 24.6 Å². The third kappa shape index (κ3) is 4.19. The number of rotatable bonds is 7. The monoisotopic (exact) mass is 322 g/mol. The first kappa shape index (κ1) is 16.8. The predicted molar refractivity (Wildman–Crippen MR) is 80.3 cm³/mol. The summed E-state index contributed by atoms with van der Waals surface area (Å²) in [7, 11) is 1.52. The number of anilines is 1. The molecule has 1 unspecified atom stereocenters. The van der Waals surface area contributed by atoms with Crippen molar-refractivity contribution in [3.8, 4) is 5.75 Å². The van der Waals surface area contributed by atoms with Crippen LogP contribution < -0.4 is 15.0 Å². The molecular formula is C15H18N2O6. The van der Waals surface area contributed by atoms with Crippen molar-refractivity contribution in [2.75, 3.05) is 31.7 Å². The molecule has 0 radical (unpaired) electrons. The average Bonchev–Trinajstić information content (AvgIpc) is 2.51. The van der Waals surface area contributed by atoms with Gasteiger partial charge in [-0.15, -0.1) is 0 Å². The van der Waals surface area contributed by atoms with Gasteiger partial charge in [0.1, 0.15) is 12.3 Å². The first-order chi connectivity index (χ1) is 11.0. The van der Waals surface area contributed by atoms with Crippen LogP contribution in [-0.4, -0.2) is 55.8 Å². The molecule has 0 fully saturated rings. The SMILES string of the molecule is COCCNC(=O)CN1C(=O)C(CC(=O)O)Oc2ccccc21. The number of hydrogen-bond acceptors (Lipinski definition) is 5. The molecule has 2 rings (SSSR count). The Morgan fingerprint density at radius 3 is 2.83 bits per heavy atom. The highest BCUT2D eigenvalue weighted by atomic mass is 16.5. The maximum atomic E-state index is 12.4.